The number of aromatic nitrogens is 4. The third-order valence-electron chi connectivity index (χ3n) is 10.2. The van der Waals surface area contributed by atoms with E-state index in [0.717, 1.165) is 39.4 Å². The minimum Gasteiger partial charge on any atom is -0.484 e. The molecule has 1 aliphatic carbocycles. The first-order valence-electron chi connectivity index (χ1n) is 17.2. The van der Waals surface area contributed by atoms with E-state index in [2.05, 4.69) is 144 Å². The Morgan fingerprint density at radius 3 is 2.12 bits per heavy atom. The average Bonchev–Trinajstić information content (AvgIpc) is 3.87. The van der Waals surface area contributed by atoms with E-state index < -0.39 is 0 Å². The third-order valence-corrected chi connectivity index (χ3v) is 11.4. The molecule has 0 amide bonds. The summed E-state index contributed by atoms with van der Waals surface area (Å²) in [5.41, 5.74) is 8.65. The lowest BCUT2D eigenvalue weighted by Crippen LogP contribution is -2.14. The van der Waals surface area contributed by atoms with Crippen molar-refractivity contribution >= 4 is 48.5 Å². The van der Waals surface area contributed by atoms with Crippen LogP contribution in [0.5, 0.6) is 5.75 Å². The van der Waals surface area contributed by atoms with E-state index in [-0.39, 0.29) is 12.0 Å². The Balaban J connectivity index is 1.08. The molecule has 6 aromatic carbocycles. The van der Waals surface area contributed by atoms with Crippen LogP contribution in [0.4, 0.5) is 0 Å². The molecule has 5 nitrogen and oxygen atoms in total. The fourth-order valence-corrected chi connectivity index (χ4v) is 9.13. The zero-order valence-electron chi connectivity index (χ0n) is 27.3. The fraction of sp³-hybridized carbons (Fsp3) is 0.0444. The topological polar surface area (TPSA) is 52.8 Å². The van der Waals surface area contributed by atoms with Gasteiger partial charge in [0, 0.05) is 65.0 Å². The smallest absolute Gasteiger partial charge is 0.164 e. The van der Waals surface area contributed by atoms with Crippen LogP contribution in [-0.4, -0.2) is 19.5 Å². The first-order chi connectivity index (χ1) is 25.3. The Morgan fingerprint density at radius 2 is 1.25 bits per heavy atom. The summed E-state index contributed by atoms with van der Waals surface area (Å²) in [5.74, 6) is 2.80. The monoisotopic (exact) mass is 672 g/mol. The van der Waals surface area contributed by atoms with E-state index in [4.69, 9.17) is 19.7 Å². The number of hydrogen-bond acceptors (Lipinski definition) is 5. The normalized spacial score (nSPS) is 15.9. The molecular formula is C45H28N4OS. The van der Waals surface area contributed by atoms with Crippen molar-refractivity contribution < 1.29 is 4.74 Å². The van der Waals surface area contributed by atoms with Crippen LogP contribution in [0.25, 0.3) is 77.0 Å². The first-order valence-corrected chi connectivity index (χ1v) is 18.0. The third kappa shape index (κ3) is 4.36. The quantitative estimate of drug-likeness (QED) is 0.187. The van der Waals surface area contributed by atoms with Gasteiger partial charge in [-0.1, -0.05) is 115 Å². The van der Waals surface area contributed by atoms with Gasteiger partial charge in [0.05, 0.1) is 11.2 Å². The molecule has 0 saturated carbocycles. The molecule has 2 unspecified atom stereocenters. The van der Waals surface area contributed by atoms with Crippen LogP contribution >= 0.6 is 11.3 Å². The molecule has 51 heavy (non-hydrogen) atoms. The van der Waals surface area contributed by atoms with Crippen molar-refractivity contribution in [2.24, 2.45) is 0 Å². The van der Waals surface area contributed by atoms with E-state index in [1.807, 2.05) is 18.2 Å². The molecule has 0 N–H and O–H groups in total. The zero-order valence-corrected chi connectivity index (χ0v) is 28.1. The van der Waals surface area contributed by atoms with Crippen molar-refractivity contribution in [2.45, 2.75) is 12.0 Å². The molecule has 9 aromatic rings. The van der Waals surface area contributed by atoms with Crippen molar-refractivity contribution in [1.82, 2.24) is 19.5 Å². The minimum atomic E-state index is -0.179. The highest BCUT2D eigenvalue weighted by Gasteiger charge is 2.42. The van der Waals surface area contributed by atoms with Gasteiger partial charge in [-0.3, -0.25) is 0 Å². The zero-order chi connectivity index (χ0) is 33.5. The molecule has 3 aromatic heterocycles. The molecule has 0 fully saturated rings. The molecule has 0 spiro atoms. The van der Waals surface area contributed by atoms with Crippen molar-refractivity contribution in [1.29, 1.82) is 0 Å². The van der Waals surface area contributed by atoms with Crippen molar-refractivity contribution in [2.75, 3.05) is 0 Å². The molecule has 2 aliphatic rings. The van der Waals surface area contributed by atoms with Gasteiger partial charge < -0.3 is 9.30 Å². The lowest BCUT2D eigenvalue weighted by atomic mass is 9.83. The fourth-order valence-electron chi connectivity index (χ4n) is 7.99. The second-order valence-electron chi connectivity index (χ2n) is 13.1. The molecule has 0 radical (unpaired) electrons. The summed E-state index contributed by atoms with van der Waals surface area (Å²) in [7, 11) is 0. The van der Waals surface area contributed by atoms with Crippen molar-refractivity contribution in [3.05, 3.63) is 168 Å². The number of nitrogens with zero attached hydrogens (tertiary/aromatic N) is 4. The lowest BCUT2D eigenvalue weighted by molar-refractivity contribution is 0.224. The number of para-hydroxylation sites is 2. The maximum atomic E-state index is 6.93. The molecule has 0 saturated heterocycles. The van der Waals surface area contributed by atoms with Crippen LogP contribution in [0.1, 0.15) is 28.8 Å². The molecule has 1 aliphatic heterocycles. The van der Waals surface area contributed by atoms with E-state index in [1.165, 1.54) is 36.6 Å². The summed E-state index contributed by atoms with van der Waals surface area (Å²) in [4.78, 5) is 15.4. The van der Waals surface area contributed by atoms with Gasteiger partial charge in [0.1, 0.15) is 11.9 Å². The van der Waals surface area contributed by atoms with E-state index >= 15 is 0 Å². The van der Waals surface area contributed by atoms with Gasteiger partial charge in [-0.2, -0.15) is 0 Å². The van der Waals surface area contributed by atoms with Crippen molar-refractivity contribution in [3.8, 4) is 45.6 Å². The van der Waals surface area contributed by atoms with E-state index in [0.29, 0.717) is 17.5 Å². The summed E-state index contributed by atoms with van der Waals surface area (Å²) in [6.45, 7) is 0. The number of hydrogen-bond donors (Lipinski definition) is 0. The Labute approximate surface area is 297 Å². The summed E-state index contributed by atoms with van der Waals surface area (Å²) in [6, 6.07) is 50.8. The van der Waals surface area contributed by atoms with Gasteiger partial charge in [-0.25, -0.2) is 15.0 Å². The maximum Gasteiger partial charge on any atom is 0.164 e. The molecule has 4 heterocycles. The van der Waals surface area contributed by atoms with Gasteiger partial charge in [-0.05, 0) is 42.5 Å². The number of ether oxygens (including phenoxy) is 1. The predicted octanol–water partition coefficient (Wildman–Crippen LogP) is 11.4. The van der Waals surface area contributed by atoms with Gasteiger partial charge in [0.15, 0.2) is 17.5 Å². The molecule has 6 heteroatoms. The van der Waals surface area contributed by atoms with Crippen LogP contribution in [0.3, 0.4) is 0 Å². The highest BCUT2D eigenvalue weighted by molar-refractivity contribution is 7.25. The number of fused-ring (bicyclic) bond motifs is 10. The lowest BCUT2D eigenvalue weighted by Gasteiger charge is -2.22. The van der Waals surface area contributed by atoms with E-state index in [9.17, 15) is 0 Å². The van der Waals surface area contributed by atoms with Crippen LogP contribution in [0.15, 0.2) is 152 Å². The average molecular weight is 673 g/mol. The number of thiophene rings is 1. The molecular weight excluding hydrogens is 645 g/mol. The second-order valence-corrected chi connectivity index (χ2v) is 14.2. The largest absolute Gasteiger partial charge is 0.484 e. The SMILES string of the molecule is C1=CC2c3c(cccc3-c3nc(-c4ccccc4)nc(-c4ccc5c(c4)sc4ccccc45)n3)OC2c2c1n(-c1ccccc1)c1ccccc21. The Kier molecular flexibility index (Phi) is 6.18. The van der Waals surface area contributed by atoms with Gasteiger partial charge in [0.25, 0.3) is 0 Å². The van der Waals surface area contributed by atoms with Crippen LogP contribution < -0.4 is 4.74 Å². The van der Waals surface area contributed by atoms with E-state index in [1.54, 1.807) is 11.3 Å². The highest BCUT2D eigenvalue weighted by atomic mass is 32.1. The van der Waals surface area contributed by atoms with Crippen LogP contribution in [0, 0.1) is 0 Å². The summed E-state index contributed by atoms with van der Waals surface area (Å²) >= 11 is 1.80. The number of rotatable bonds is 4. The van der Waals surface area contributed by atoms with Gasteiger partial charge in [0.2, 0.25) is 0 Å². The first kappa shape index (κ1) is 28.5. The Hall–Kier alpha value is -6.37. The predicted molar refractivity (Wildman–Crippen MR) is 207 cm³/mol. The molecule has 240 valence electrons. The van der Waals surface area contributed by atoms with Gasteiger partial charge >= 0.3 is 0 Å². The number of benzene rings is 6. The maximum absolute atomic E-state index is 6.93. The Bertz CT molecular complexity index is 2850. The summed E-state index contributed by atoms with van der Waals surface area (Å²) in [6.07, 6.45) is 4.39. The van der Waals surface area contributed by atoms with Crippen LogP contribution in [0.2, 0.25) is 0 Å². The molecule has 2 atom stereocenters. The Morgan fingerprint density at radius 1 is 0.549 bits per heavy atom. The van der Waals surface area contributed by atoms with Crippen molar-refractivity contribution in [3.63, 3.8) is 0 Å². The summed E-state index contributed by atoms with van der Waals surface area (Å²) in [5, 5.41) is 3.73. The van der Waals surface area contributed by atoms with Crippen LogP contribution in [-0.2, 0) is 0 Å². The molecule has 0 bridgehead atoms. The highest BCUT2D eigenvalue weighted by Crippen LogP contribution is 2.55. The second kappa shape index (κ2) is 11.1. The summed E-state index contributed by atoms with van der Waals surface area (Å²) < 4.78 is 11.8. The van der Waals surface area contributed by atoms with Gasteiger partial charge in [-0.15, -0.1) is 11.3 Å². The molecule has 11 rings (SSSR count). The standard InChI is InChI=1S/C45H28N4OS/c1-3-12-27(13-4-1)43-46-44(28-22-23-31-30-16-8-10-21-38(30)51-39(31)26-28)48-45(47-43)34-18-11-20-37-40(34)33-24-25-36-41(42(33)50-37)32-17-7-9-19-35(32)49(36)29-14-5-2-6-15-29/h1-26,33,42H. The minimum absolute atomic E-state index is 0.00554.